The zero-order valence-electron chi connectivity index (χ0n) is 15.2. The normalized spacial score (nSPS) is 13.1. The summed E-state index contributed by atoms with van der Waals surface area (Å²) in [5.74, 6) is -0.0738. The minimum Gasteiger partial charge on any atom is -0.484 e. The summed E-state index contributed by atoms with van der Waals surface area (Å²) in [6, 6.07) is 16.3. The fourth-order valence-corrected chi connectivity index (χ4v) is 3.29. The molecule has 0 radical (unpaired) electrons. The van der Waals surface area contributed by atoms with Crippen molar-refractivity contribution < 1.29 is 14.3 Å². The van der Waals surface area contributed by atoms with Crippen LogP contribution in [0, 0.1) is 0 Å². The van der Waals surface area contributed by atoms with Gasteiger partial charge in [-0.15, -0.1) is 0 Å². The molecule has 1 aliphatic heterocycles. The first-order chi connectivity index (χ1) is 13.6. The molecule has 4 rings (SSSR count). The molecule has 0 bridgehead atoms. The molecule has 1 aliphatic rings. The number of hydrogen-bond donors (Lipinski definition) is 2. The number of ether oxygens (including phenoxy) is 1. The number of primary amides is 1. The average Bonchev–Trinajstić information content (AvgIpc) is 3.16. The Morgan fingerprint density at radius 1 is 1.11 bits per heavy atom. The van der Waals surface area contributed by atoms with Gasteiger partial charge in [0.05, 0.1) is 5.69 Å². The number of carbonyl (C=O) groups excluding carboxylic acids is 2. The summed E-state index contributed by atoms with van der Waals surface area (Å²) in [5, 5.41) is 7.55. The van der Waals surface area contributed by atoms with E-state index in [1.807, 2.05) is 30.3 Å². The minimum absolute atomic E-state index is 0.0657. The molecule has 0 aliphatic carbocycles. The van der Waals surface area contributed by atoms with E-state index in [0.29, 0.717) is 24.4 Å². The summed E-state index contributed by atoms with van der Waals surface area (Å²) in [6.07, 6.45) is 0.730. The van der Waals surface area contributed by atoms with Gasteiger partial charge in [0.25, 0.3) is 5.91 Å². The van der Waals surface area contributed by atoms with Gasteiger partial charge in [-0.3, -0.25) is 14.7 Å². The maximum Gasteiger partial charge on any atom is 0.260 e. The average molecular weight is 376 g/mol. The summed E-state index contributed by atoms with van der Waals surface area (Å²) in [5.41, 5.74) is 9.66. The van der Waals surface area contributed by atoms with Crippen LogP contribution in [0.4, 0.5) is 0 Å². The molecule has 0 saturated heterocycles. The second kappa shape index (κ2) is 7.56. The van der Waals surface area contributed by atoms with Crippen LogP contribution >= 0.6 is 0 Å². The Hall–Kier alpha value is -3.61. The van der Waals surface area contributed by atoms with Gasteiger partial charge in [-0.05, 0) is 24.3 Å². The van der Waals surface area contributed by atoms with Crippen molar-refractivity contribution in [1.82, 2.24) is 15.1 Å². The smallest absolute Gasteiger partial charge is 0.260 e. The molecule has 0 fully saturated rings. The molecule has 2 amide bonds. The monoisotopic (exact) mass is 376 g/mol. The second-order valence-electron chi connectivity index (χ2n) is 6.64. The van der Waals surface area contributed by atoms with Gasteiger partial charge < -0.3 is 15.4 Å². The third kappa shape index (κ3) is 3.59. The van der Waals surface area contributed by atoms with E-state index in [0.717, 1.165) is 28.9 Å². The predicted octanol–water partition coefficient (Wildman–Crippen LogP) is 2.14. The molecule has 1 aromatic heterocycles. The highest BCUT2D eigenvalue weighted by Gasteiger charge is 2.25. The number of fused-ring (bicyclic) bond motifs is 1. The van der Waals surface area contributed by atoms with E-state index in [2.05, 4.69) is 10.2 Å². The number of nitrogens with one attached hydrogen (secondary N) is 1. The van der Waals surface area contributed by atoms with Crippen LogP contribution in [0.5, 0.6) is 5.75 Å². The van der Waals surface area contributed by atoms with Crippen LogP contribution in [-0.2, 0) is 17.8 Å². The molecule has 28 heavy (non-hydrogen) atoms. The van der Waals surface area contributed by atoms with E-state index in [4.69, 9.17) is 10.5 Å². The highest BCUT2D eigenvalue weighted by atomic mass is 16.5. The van der Waals surface area contributed by atoms with Crippen molar-refractivity contribution in [1.29, 1.82) is 0 Å². The number of nitrogens with zero attached hydrogens (tertiary/aromatic N) is 2. The fourth-order valence-electron chi connectivity index (χ4n) is 3.29. The first-order valence-corrected chi connectivity index (χ1v) is 9.04. The van der Waals surface area contributed by atoms with Gasteiger partial charge in [-0.25, -0.2) is 0 Å². The molecule has 3 N–H and O–H groups in total. The van der Waals surface area contributed by atoms with Gasteiger partial charge >= 0.3 is 0 Å². The highest BCUT2D eigenvalue weighted by molar-refractivity contribution is 5.92. The van der Waals surface area contributed by atoms with Crippen molar-refractivity contribution in [3.8, 4) is 17.0 Å². The second-order valence-corrected chi connectivity index (χ2v) is 6.64. The molecule has 3 aromatic rings. The number of nitrogens with two attached hydrogens (primary N) is 1. The largest absolute Gasteiger partial charge is 0.484 e. The van der Waals surface area contributed by atoms with Crippen LogP contribution in [-0.4, -0.2) is 40.1 Å². The number of amides is 2. The number of aromatic amines is 1. The molecular formula is C21H20N4O3. The predicted molar refractivity (Wildman–Crippen MR) is 104 cm³/mol. The van der Waals surface area contributed by atoms with Crippen molar-refractivity contribution in [3.05, 3.63) is 71.4 Å². The van der Waals surface area contributed by atoms with E-state index >= 15 is 0 Å². The van der Waals surface area contributed by atoms with Crippen LogP contribution in [0.3, 0.4) is 0 Å². The maximum absolute atomic E-state index is 12.6. The lowest BCUT2D eigenvalue weighted by Crippen LogP contribution is -2.38. The van der Waals surface area contributed by atoms with Crippen molar-refractivity contribution >= 4 is 11.8 Å². The Bertz CT molecular complexity index is 996. The Balaban J connectivity index is 1.42. The van der Waals surface area contributed by atoms with Gasteiger partial charge in [-0.2, -0.15) is 5.10 Å². The molecule has 2 heterocycles. The maximum atomic E-state index is 12.6. The lowest BCUT2D eigenvalue weighted by molar-refractivity contribution is -0.134. The number of H-pyrrole nitrogens is 1. The quantitative estimate of drug-likeness (QED) is 0.712. The standard InChI is InChI=1S/C21H20N4O3/c22-21(27)15-6-8-16(9-7-15)28-13-19(26)25-11-10-18-17(12-25)20(24-23-18)14-4-2-1-3-5-14/h1-9H,10-13H2,(H2,22,27)(H,23,24). The summed E-state index contributed by atoms with van der Waals surface area (Å²) >= 11 is 0. The SMILES string of the molecule is NC(=O)c1ccc(OCC(=O)N2CCc3[nH]nc(-c4ccccc4)c3C2)cc1. The highest BCUT2D eigenvalue weighted by Crippen LogP contribution is 2.28. The van der Waals surface area contributed by atoms with E-state index < -0.39 is 5.91 Å². The number of benzene rings is 2. The van der Waals surface area contributed by atoms with Gasteiger partial charge in [0.1, 0.15) is 5.75 Å². The zero-order chi connectivity index (χ0) is 19.5. The lowest BCUT2D eigenvalue weighted by atomic mass is 10.0. The van der Waals surface area contributed by atoms with E-state index in [1.54, 1.807) is 29.2 Å². The van der Waals surface area contributed by atoms with Crippen molar-refractivity contribution in [2.75, 3.05) is 13.2 Å². The van der Waals surface area contributed by atoms with Crippen molar-refractivity contribution in [3.63, 3.8) is 0 Å². The molecule has 2 aromatic carbocycles. The van der Waals surface area contributed by atoms with Gasteiger partial charge in [-0.1, -0.05) is 30.3 Å². The molecule has 7 heteroatoms. The molecular weight excluding hydrogens is 356 g/mol. The third-order valence-corrected chi connectivity index (χ3v) is 4.83. The molecule has 0 unspecified atom stereocenters. The summed E-state index contributed by atoms with van der Waals surface area (Å²) in [6.45, 7) is 1.05. The first kappa shape index (κ1) is 17.8. The number of hydrogen-bond acceptors (Lipinski definition) is 4. The van der Waals surface area contributed by atoms with Crippen molar-refractivity contribution in [2.45, 2.75) is 13.0 Å². The van der Waals surface area contributed by atoms with E-state index in [9.17, 15) is 9.59 Å². The first-order valence-electron chi connectivity index (χ1n) is 9.04. The lowest BCUT2D eigenvalue weighted by Gasteiger charge is -2.27. The summed E-state index contributed by atoms with van der Waals surface area (Å²) in [4.78, 5) is 25.5. The number of rotatable bonds is 5. The Morgan fingerprint density at radius 3 is 2.57 bits per heavy atom. The minimum atomic E-state index is -0.499. The van der Waals surface area contributed by atoms with Crippen LogP contribution in [0.1, 0.15) is 21.6 Å². The Labute approximate surface area is 162 Å². The Kier molecular flexibility index (Phi) is 4.80. The molecule has 0 atom stereocenters. The third-order valence-electron chi connectivity index (χ3n) is 4.83. The van der Waals surface area contributed by atoms with Crippen LogP contribution in [0.25, 0.3) is 11.3 Å². The summed E-state index contributed by atoms with van der Waals surface area (Å²) < 4.78 is 5.57. The molecule has 7 nitrogen and oxygen atoms in total. The zero-order valence-corrected chi connectivity index (χ0v) is 15.2. The molecule has 142 valence electrons. The topological polar surface area (TPSA) is 101 Å². The van der Waals surface area contributed by atoms with E-state index in [-0.39, 0.29) is 12.5 Å². The number of aromatic nitrogens is 2. The summed E-state index contributed by atoms with van der Waals surface area (Å²) in [7, 11) is 0. The van der Waals surface area contributed by atoms with Crippen LogP contribution in [0.2, 0.25) is 0 Å². The molecule has 0 spiro atoms. The molecule has 0 saturated carbocycles. The number of carbonyl (C=O) groups is 2. The van der Waals surface area contributed by atoms with Gasteiger partial charge in [0, 0.05) is 41.9 Å². The van der Waals surface area contributed by atoms with E-state index in [1.165, 1.54) is 0 Å². The van der Waals surface area contributed by atoms with Crippen molar-refractivity contribution in [2.24, 2.45) is 5.73 Å². The van der Waals surface area contributed by atoms with Gasteiger partial charge in [0.15, 0.2) is 6.61 Å². The van der Waals surface area contributed by atoms with Crippen LogP contribution < -0.4 is 10.5 Å². The fraction of sp³-hybridized carbons (Fsp3) is 0.190. The van der Waals surface area contributed by atoms with Gasteiger partial charge in [0.2, 0.25) is 5.91 Å². The Morgan fingerprint density at radius 2 is 1.86 bits per heavy atom. The van der Waals surface area contributed by atoms with Crippen LogP contribution in [0.15, 0.2) is 54.6 Å².